The number of carbonyl (C=O) groups is 1. The Kier molecular flexibility index (Phi) is 4.32. The van der Waals surface area contributed by atoms with Gasteiger partial charge in [-0.2, -0.15) is 0 Å². The van der Waals surface area contributed by atoms with Crippen molar-refractivity contribution >= 4 is 16.9 Å². The van der Waals surface area contributed by atoms with E-state index in [1.165, 1.54) is 6.07 Å². The number of ether oxygens (including phenoxy) is 1. The van der Waals surface area contributed by atoms with Crippen LogP contribution in [0.1, 0.15) is 65.6 Å². The van der Waals surface area contributed by atoms with Gasteiger partial charge >= 0.3 is 5.97 Å². The minimum absolute atomic E-state index is 0.135. The number of hydrogen-bond donors (Lipinski definition) is 1. The maximum atomic E-state index is 14.7. The fourth-order valence-corrected chi connectivity index (χ4v) is 5.86. The molecule has 7 nitrogen and oxygen atoms in total. The highest BCUT2D eigenvalue weighted by Crippen LogP contribution is 2.45. The summed E-state index contributed by atoms with van der Waals surface area (Å²) < 4.78 is 21.6. The molecule has 3 aromatic rings. The van der Waals surface area contributed by atoms with Crippen LogP contribution in [0.3, 0.4) is 0 Å². The molecule has 2 aromatic heterocycles. The van der Waals surface area contributed by atoms with Crippen molar-refractivity contribution in [1.29, 1.82) is 0 Å². The van der Waals surface area contributed by atoms with Crippen molar-refractivity contribution in [3.63, 3.8) is 0 Å². The van der Waals surface area contributed by atoms with Crippen LogP contribution in [0, 0.1) is 17.9 Å². The zero-order valence-electron chi connectivity index (χ0n) is 18.8. The first-order valence-electron chi connectivity index (χ1n) is 11.4. The number of benzene rings is 1. The van der Waals surface area contributed by atoms with Crippen LogP contribution in [0.2, 0.25) is 0 Å². The van der Waals surface area contributed by atoms with Crippen molar-refractivity contribution in [2.24, 2.45) is 0 Å². The zero-order chi connectivity index (χ0) is 23.2. The SMILES string of the molecule is CC[NH+]([O-])C1C(=O)OCc2c1cc1n(c2=O)Cc2c-1nc1cc(F)c(C)c3c1c2[C@@H](C)CC3. The molecular formula is C25H24FN3O4. The van der Waals surface area contributed by atoms with Gasteiger partial charge < -0.3 is 19.6 Å². The van der Waals surface area contributed by atoms with Crippen LogP contribution >= 0.6 is 0 Å². The quantitative estimate of drug-likeness (QED) is 0.375. The standard InChI is InChI=1S/C25H24FN3O4/c1-4-29(32)23-14-7-19-22-15(9-28(19)24(30)16(14)10-33-25(23)31)20-11(2)5-6-13-12(3)17(26)8-18(27-22)21(13)20/h7-8,11,23,29H,4-6,9-10H2,1-3H3/t11-,23?/m0/s1. The number of likely N-dealkylation sites (N-methyl/N-ethyl adjacent to an activating group) is 1. The molecule has 0 fully saturated rings. The van der Waals surface area contributed by atoms with Gasteiger partial charge in [-0.05, 0) is 55.4 Å². The summed E-state index contributed by atoms with van der Waals surface area (Å²) in [5.41, 5.74) is 6.10. The lowest BCUT2D eigenvalue weighted by Gasteiger charge is -2.33. The number of nitrogens with zero attached hydrogens (tertiary/aromatic N) is 2. The maximum absolute atomic E-state index is 14.7. The third-order valence-corrected chi connectivity index (χ3v) is 7.63. The van der Waals surface area contributed by atoms with Gasteiger partial charge in [0, 0.05) is 22.6 Å². The lowest BCUT2D eigenvalue weighted by atomic mass is 9.79. The van der Waals surface area contributed by atoms with Crippen LogP contribution in [0.15, 0.2) is 16.9 Å². The van der Waals surface area contributed by atoms with Gasteiger partial charge in [-0.15, -0.1) is 0 Å². The number of esters is 1. The van der Waals surface area contributed by atoms with E-state index < -0.39 is 12.0 Å². The van der Waals surface area contributed by atoms with Crippen LogP contribution in [0.4, 0.5) is 4.39 Å². The van der Waals surface area contributed by atoms with E-state index in [0.717, 1.165) is 34.9 Å². The highest BCUT2D eigenvalue weighted by Gasteiger charge is 2.39. The number of pyridine rings is 2. The highest BCUT2D eigenvalue weighted by atomic mass is 19.1. The summed E-state index contributed by atoms with van der Waals surface area (Å²) in [5, 5.41) is 13.3. The monoisotopic (exact) mass is 449 g/mol. The molecule has 0 radical (unpaired) electrons. The van der Waals surface area contributed by atoms with E-state index in [4.69, 9.17) is 9.72 Å². The molecule has 3 atom stereocenters. The maximum Gasteiger partial charge on any atom is 0.370 e. The van der Waals surface area contributed by atoms with Crippen LogP contribution < -0.4 is 10.6 Å². The predicted molar refractivity (Wildman–Crippen MR) is 119 cm³/mol. The van der Waals surface area contributed by atoms with Crippen LogP contribution in [-0.4, -0.2) is 22.1 Å². The van der Waals surface area contributed by atoms with Gasteiger partial charge in [0.05, 0.1) is 35.6 Å². The van der Waals surface area contributed by atoms with E-state index in [9.17, 15) is 19.2 Å². The Morgan fingerprint density at radius 2 is 2.06 bits per heavy atom. The number of quaternary nitrogens is 1. The normalized spacial score (nSPS) is 21.4. The fraction of sp³-hybridized carbons (Fsp3) is 0.400. The molecule has 1 aliphatic carbocycles. The number of cyclic esters (lactones) is 1. The third kappa shape index (κ3) is 2.65. The number of aromatic nitrogens is 2. The summed E-state index contributed by atoms with van der Waals surface area (Å²) in [6.07, 6.45) is 1.70. The van der Waals surface area contributed by atoms with Crippen LogP contribution in [0.5, 0.6) is 0 Å². The van der Waals surface area contributed by atoms with Crippen molar-refractivity contribution in [2.75, 3.05) is 6.54 Å². The van der Waals surface area contributed by atoms with Gasteiger partial charge in [0.15, 0.2) is 0 Å². The molecule has 0 spiro atoms. The summed E-state index contributed by atoms with van der Waals surface area (Å²) in [6.45, 7) is 6.07. The molecule has 2 aliphatic heterocycles. The topological polar surface area (TPSA) is 88.7 Å². The van der Waals surface area contributed by atoms with Crippen molar-refractivity contribution < 1.29 is 19.0 Å². The lowest BCUT2D eigenvalue weighted by molar-refractivity contribution is -0.871. The Morgan fingerprint density at radius 1 is 1.27 bits per heavy atom. The van der Waals surface area contributed by atoms with Crippen molar-refractivity contribution in [2.45, 2.75) is 58.7 Å². The summed E-state index contributed by atoms with van der Waals surface area (Å²) in [4.78, 5) is 30.7. The highest BCUT2D eigenvalue weighted by molar-refractivity contribution is 5.93. The zero-order valence-corrected chi connectivity index (χ0v) is 18.8. The molecule has 0 saturated carbocycles. The number of aryl methyl sites for hydroxylation is 1. The second-order valence-electron chi connectivity index (χ2n) is 9.36. The first-order chi connectivity index (χ1) is 15.8. The Labute approximate surface area is 189 Å². The number of hydroxylamine groups is 2. The van der Waals surface area contributed by atoms with Gasteiger partial charge in [0.1, 0.15) is 12.4 Å². The molecule has 8 heteroatoms. The smallest absolute Gasteiger partial charge is 0.370 e. The van der Waals surface area contributed by atoms with Gasteiger partial charge in [0.25, 0.3) is 5.56 Å². The van der Waals surface area contributed by atoms with Gasteiger partial charge in [-0.1, -0.05) is 6.92 Å². The molecule has 1 aromatic carbocycles. The first kappa shape index (κ1) is 20.5. The minimum Gasteiger partial charge on any atom is -0.633 e. The number of nitrogens with one attached hydrogen (secondary N) is 1. The molecule has 0 saturated heterocycles. The second-order valence-corrected chi connectivity index (χ2v) is 9.36. The largest absolute Gasteiger partial charge is 0.633 e. The summed E-state index contributed by atoms with van der Waals surface area (Å²) >= 11 is 0. The van der Waals surface area contributed by atoms with Gasteiger partial charge in [0.2, 0.25) is 6.04 Å². The molecule has 3 aliphatic rings. The third-order valence-electron chi connectivity index (χ3n) is 7.63. The Morgan fingerprint density at radius 3 is 2.82 bits per heavy atom. The van der Waals surface area contributed by atoms with E-state index in [1.54, 1.807) is 17.6 Å². The van der Waals surface area contributed by atoms with Crippen LogP contribution in [-0.2, 0) is 29.1 Å². The van der Waals surface area contributed by atoms with E-state index >= 15 is 0 Å². The van der Waals surface area contributed by atoms with Crippen molar-refractivity contribution in [3.8, 4) is 11.4 Å². The molecule has 33 heavy (non-hydrogen) atoms. The van der Waals surface area contributed by atoms with Crippen molar-refractivity contribution in [3.05, 3.63) is 66.9 Å². The average molecular weight is 449 g/mol. The van der Waals surface area contributed by atoms with Gasteiger partial charge in [-0.3, -0.25) is 4.79 Å². The molecular weight excluding hydrogens is 425 g/mol. The molecule has 1 N–H and O–H groups in total. The molecule has 0 bridgehead atoms. The predicted octanol–water partition coefficient (Wildman–Crippen LogP) is 2.42. The Bertz CT molecular complexity index is 1440. The Balaban J connectivity index is 1.66. The van der Waals surface area contributed by atoms with E-state index in [1.807, 2.05) is 6.92 Å². The number of hydrogen-bond acceptors (Lipinski definition) is 5. The number of carbonyl (C=O) groups excluding carboxylic acids is 1. The lowest BCUT2D eigenvalue weighted by Crippen LogP contribution is -3.08. The molecule has 170 valence electrons. The molecule has 6 rings (SSSR count). The Hall–Kier alpha value is -3.10. The number of rotatable bonds is 2. The molecule has 2 unspecified atom stereocenters. The van der Waals surface area contributed by atoms with Crippen molar-refractivity contribution in [1.82, 2.24) is 9.55 Å². The minimum atomic E-state index is -1.09. The summed E-state index contributed by atoms with van der Waals surface area (Å²) in [5.74, 6) is -0.641. The average Bonchev–Trinajstić information content (AvgIpc) is 3.16. The summed E-state index contributed by atoms with van der Waals surface area (Å²) in [6, 6.07) is 2.15. The summed E-state index contributed by atoms with van der Waals surface area (Å²) in [7, 11) is 0. The number of halogens is 1. The van der Waals surface area contributed by atoms with Gasteiger partial charge in [-0.25, -0.2) is 14.2 Å². The van der Waals surface area contributed by atoms with Crippen LogP contribution in [0.25, 0.3) is 22.3 Å². The van der Waals surface area contributed by atoms with E-state index in [0.29, 0.717) is 40.1 Å². The molecule has 0 amide bonds. The molecule has 4 heterocycles. The fourth-order valence-electron chi connectivity index (χ4n) is 5.86. The van der Waals surface area contributed by atoms with E-state index in [2.05, 4.69) is 6.92 Å². The second kappa shape index (κ2) is 6.95. The number of fused-ring (bicyclic) bond motifs is 5. The first-order valence-corrected chi connectivity index (χ1v) is 11.4. The van der Waals surface area contributed by atoms with E-state index in [-0.39, 0.29) is 35.5 Å².